The third kappa shape index (κ3) is 9.84. The Morgan fingerprint density at radius 3 is 2.13 bits per heavy atom. The fourth-order valence-corrected chi connectivity index (χ4v) is 6.65. The van der Waals surface area contributed by atoms with E-state index in [0.717, 1.165) is 45.5 Å². The number of hydrogen-bond acceptors (Lipinski definition) is 9. The SMILES string of the molecule is CC(C)(C)OC(=O)CN(C(=O)OC(C)(C)C)c1cccc(CN(Cc2ccc(C3=NCCS3)cc2)S(=O)(=O)c2ccc(F)cc2)n1. The van der Waals surface area contributed by atoms with E-state index in [2.05, 4.69) is 9.98 Å². The Hall–Kier alpha value is -3.81. The zero-order chi connectivity index (χ0) is 33.7. The average Bonchev–Trinajstić information content (AvgIpc) is 3.50. The first-order valence-electron chi connectivity index (χ1n) is 14.7. The van der Waals surface area contributed by atoms with E-state index in [-0.39, 0.29) is 23.8 Å². The van der Waals surface area contributed by atoms with Crippen LogP contribution >= 0.6 is 11.8 Å². The van der Waals surface area contributed by atoms with E-state index >= 15 is 0 Å². The van der Waals surface area contributed by atoms with Gasteiger partial charge >= 0.3 is 12.1 Å². The Labute approximate surface area is 274 Å². The summed E-state index contributed by atoms with van der Waals surface area (Å²) in [6.45, 7) is 10.3. The van der Waals surface area contributed by atoms with E-state index in [9.17, 15) is 22.4 Å². The molecule has 10 nitrogen and oxygen atoms in total. The number of thioether (sulfide) groups is 1. The van der Waals surface area contributed by atoms with Crippen molar-refractivity contribution in [2.75, 3.05) is 23.7 Å². The number of amides is 1. The summed E-state index contributed by atoms with van der Waals surface area (Å²) in [5, 5.41) is 0.948. The van der Waals surface area contributed by atoms with E-state index in [1.165, 1.54) is 22.5 Å². The number of aromatic nitrogens is 1. The van der Waals surface area contributed by atoms with Crippen molar-refractivity contribution in [3.63, 3.8) is 0 Å². The normalized spacial score (nSPS) is 13.8. The Morgan fingerprint density at radius 1 is 0.891 bits per heavy atom. The predicted octanol–water partition coefficient (Wildman–Crippen LogP) is 6.19. The van der Waals surface area contributed by atoms with Gasteiger partial charge < -0.3 is 9.47 Å². The van der Waals surface area contributed by atoms with Crippen LogP contribution in [0.2, 0.25) is 0 Å². The maximum absolute atomic E-state index is 13.9. The van der Waals surface area contributed by atoms with E-state index in [0.29, 0.717) is 5.69 Å². The summed E-state index contributed by atoms with van der Waals surface area (Å²) >= 11 is 1.67. The molecule has 4 rings (SSSR count). The van der Waals surface area contributed by atoms with E-state index < -0.39 is 45.6 Å². The number of nitrogens with zero attached hydrogens (tertiary/aromatic N) is 4. The molecule has 1 aliphatic rings. The molecule has 46 heavy (non-hydrogen) atoms. The fraction of sp³-hybridized carbons (Fsp3) is 0.394. The van der Waals surface area contributed by atoms with Crippen molar-refractivity contribution in [2.24, 2.45) is 4.99 Å². The summed E-state index contributed by atoms with van der Waals surface area (Å²) in [7, 11) is -4.13. The monoisotopic (exact) mass is 670 g/mol. The average molecular weight is 671 g/mol. The molecule has 13 heteroatoms. The Kier molecular flexibility index (Phi) is 10.9. The second-order valence-electron chi connectivity index (χ2n) is 12.6. The van der Waals surface area contributed by atoms with Gasteiger partial charge in [0.2, 0.25) is 10.0 Å². The highest BCUT2D eigenvalue weighted by atomic mass is 32.2. The summed E-state index contributed by atoms with van der Waals surface area (Å²) in [4.78, 5) is 36.1. The number of aliphatic imine (C=N–C) groups is 1. The van der Waals surface area contributed by atoms with Gasteiger partial charge in [-0.2, -0.15) is 4.31 Å². The second kappa shape index (κ2) is 14.3. The summed E-state index contributed by atoms with van der Waals surface area (Å²) in [6.07, 6.45) is -0.816. The van der Waals surface area contributed by atoms with Gasteiger partial charge in [0.1, 0.15) is 29.4 Å². The molecule has 1 aliphatic heterocycles. The number of halogens is 1. The van der Waals surface area contributed by atoms with Gasteiger partial charge in [-0.05, 0) is 83.5 Å². The lowest BCUT2D eigenvalue weighted by molar-refractivity contribution is -0.153. The van der Waals surface area contributed by atoms with Gasteiger partial charge in [0.25, 0.3) is 0 Å². The molecule has 0 N–H and O–H groups in total. The van der Waals surface area contributed by atoms with E-state index in [4.69, 9.17) is 9.47 Å². The quantitative estimate of drug-likeness (QED) is 0.235. The molecule has 0 aliphatic carbocycles. The molecular weight excluding hydrogens is 632 g/mol. The lowest BCUT2D eigenvalue weighted by Crippen LogP contribution is -2.42. The molecule has 0 spiro atoms. The Balaban J connectivity index is 1.67. The number of hydrogen-bond donors (Lipinski definition) is 0. The molecule has 0 saturated heterocycles. The molecule has 246 valence electrons. The number of carbonyl (C=O) groups excluding carboxylic acids is 2. The highest BCUT2D eigenvalue weighted by molar-refractivity contribution is 8.14. The molecule has 0 unspecified atom stereocenters. The Morgan fingerprint density at radius 2 is 1.54 bits per heavy atom. The predicted molar refractivity (Wildman–Crippen MR) is 177 cm³/mol. The molecular formula is C33H39FN4O6S2. The number of pyridine rings is 1. The van der Waals surface area contributed by atoms with Gasteiger partial charge in [-0.25, -0.2) is 22.6 Å². The summed E-state index contributed by atoms with van der Waals surface area (Å²) < 4.78 is 53.7. The smallest absolute Gasteiger partial charge is 0.416 e. The molecule has 0 atom stereocenters. The van der Waals surface area contributed by atoms with Gasteiger partial charge in [-0.15, -0.1) is 11.8 Å². The van der Waals surface area contributed by atoms with Crippen LogP contribution in [0.15, 0.2) is 76.6 Å². The van der Waals surface area contributed by atoms with Gasteiger partial charge in [0, 0.05) is 24.4 Å². The van der Waals surface area contributed by atoms with Crippen LogP contribution in [0.3, 0.4) is 0 Å². The number of benzene rings is 2. The van der Waals surface area contributed by atoms with Crippen LogP contribution < -0.4 is 4.90 Å². The number of sulfonamides is 1. The van der Waals surface area contributed by atoms with Crippen LogP contribution in [0.1, 0.15) is 58.4 Å². The molecule has 1 aromatic heterocycles. The van der Waals surface area contributed by atoms with Crippen molar-refractivity contribution in [2.45, 2.75) is 70.7 Å². The molecule has 0 radical (unpaired) electrons. The minimum atomic E-state index is -4.13. The molecule has 0 bridgehead atoms. The number of anilines is 1. The summed E-state index contributed by atoms with van der Waals surface area (Å²) in [5.41, 5.74) is 0.326. The fourth-order valence-electron chi connectivity index (χ4n) is 4.39. The Bertz CT molecular complexity index is 1680. The lowest BCUT2D eigenvalue weighted by Gasteiger charge is -2.28. The summed E-state index contributed by atoms with van der Waals surface area (Å²) in [5.74, 6) is -0.224. The van der Waals surface area contributed by atoms with Gasteiger partial charge in [-0.3, -0.25) is 14.7 Å². The summed E-state index contributed by atoms with van der Waals surface area (Å²) in [6, 6.07) is 16.9. The van der Waals surface area contributed by atoms with Crippen molar-refractivity contribution in [3.05, 3.63) is 89.4 Å². The maximum Gasteiger partial charge on any atom is 0.416 e. The van der Waals surface area contributed by atoms with Crippen molar-refractivity contribution < 1.29 is 31.9 Å². The zero-order valence-electron chi connectivity index (χ0n) is 26.8. The highest BCUT2D eigenvalue weighted by Gasteiger charge is 2.30. The minimum absolute atomic E-state index is 0.0147. The van der Waals surface area contributed by atoms with E-state index in [1.54, 1.807) is 65.4 Å². The third-order valence-electron chi connectivity index (χ3n) is 6.32. The van der Waals surface area contributed by atoms with Gasteiger partial charge in [0.15, 0.2) is 0 Å². The number of ether oxygens (including phenoxy) is 2. The van der Waals surface area contributed by atoms with Crippen LogP contribution in [-0.2, 0) is 37.4 Å². The number of esters is 1. The van der Waals surface area contributed by atoms with Gasteiger partial charge in [0.05, 0.1) is 22.2 Å². The highest BCUT2D eigenvalue weighted by Crippen LogP contribution is 2.25. The van der Waals surface area contributed by atoms with Crippen molar-refractivity contribution in [1.82, 2.24) is 9.29 Å². The van der Waals surface area contributed by atoms with Crippen molar-refractivity contribution in [1.29, 1.82) is 0 Å². The largest absolute Gasteiger partial charge is 0.459 e. The van der Waals surface area contributed by atoms with Crippen LogP contribution in [0.5, 0.6) is 0 Å². The molecule has 0 saturated carbocycles. The minimum Gasteiger partial charge on any atom is -0.459 e. The van der Waals surface area contributed by atoms with Gasteiger partial charge in [-0.1, -0.05) is 30.3 Å². The van der Waals surface area contributed by atoms with Crippen molar-refractivity contribution >= 4 is 44.7 Å². The maximum atomic E-state index is 13.9. The molecule has 3 aromatic rings. The number of rotatable bonds is 10. The molecule has 0 fully saturated rings. The van der Waals surface area contributed by atoms with Crippen LogP contribution in [0.25, 0.3) is 0 Å². The standard InChI is InChI=1S/C33H39FN4O6S2/c1-32(2,3)43-29(39)22-38(31(40)44-33(4,5)6)28-9-7-8-26(36-28)21-37(46(41,42)27-16-14-25(34)15-17-27)20-23-10-12-24(13-11-23)30-35-18-19-45-30/h7-17H,18-22H2,1-6H3. The first kappa shape index (κ1) is 35.1. The lowest BCUT2D eigenvalue weighted by atomic mass is 10.1. The topological polar surface area (TPSA) is 118 Å². The van der Waals surface area contributed by atoms with Crippen LogP contribution in [0.4, 0.5) is 15.0 Å². The molecule has 2 heterocycles. The first-order valence-corrected chi connectivity index (χ1v) is 17.1. The number of carbonyl (C=O) groups is 2. The van der Waals surface area contributed by atoms with Crippen molar-refractivity contribution in [3.8, 4) is 0 Å². The third-order valence-corrected chi connectivity index (χ3v) is 9.16. The first-order chi connectivity index (χ1) is 21.5. The van der Waals surface area contributed by atoms with Crippen LogP contribution in [0, 0.1) is 5.82 Å². The second-order valence-corrected chi connectivity index (χ2v) is 15.6. The molecule has 2 aromatic carbocycles. The van der Waals surface area contributed by atoms with E-state index in [1.807, 2.05) is 24.3 Å². The molecule has 1 amide bonds. The van der Waals surface area contributed by atoms with Crippen LogP contribution in [-0.4, -0.2) is 64.9 Å². The zero-order valence-corrected chi connectivity index (χ0v) is 28.5.